The van der Waals surface area contributed by atoms with E-state index in [2.05, 4.69) is 5.32 Å². The van der Waals surface area contributed by atoms with Crippen LogP contribution in [0.15, 0.2) is 29.2 Å². The predicted octanol–water partition coefficient (Wildman–Crippen LogP) is 3.48. The molecule has 5 heteroatoms. The number of hydrogen-bond donors (Lipinski definition) is 2. The molecule has 2 unspecified atom stereocenters. The summed E-state index contributed by atoms with van der Waals surface area (Å²) in [6, 6.07) is 7.07. The Balaban J connectivity index is 2.83. The van der Waals surface area contributed by atoms with E-state index < -0.39 is 16.8 Å². The molecule has 0 spiro atoms. The summed E-state index contributed by atoms with van der Waals surface area (Å²) in [7, 11) is 0. The summed E-state index contributed by atoms with van der Waals surface area (Å²) in [6.07, 6.45) is 0.697. The first kappa shape index (κ1) is 18.6. The van der Waals surface area contributed by atoms with Crippen LogP contribution in [0.5, 0.6) is 0 Å². The summed E-state index contributed by atoms with van der Waals surface area (Å²) >= 11 is 1.44. The Bertz CT molecular complexity index is 542. The SMILES string of the molecule is CCC(C)C(NC(=O)C(C)(C)Sc1cccc(C)c1)C(=O)O. The molecule has 1 aromatic carbocycles. The minimum Gasteiger partial charge on any atom is -0.480 e. The van der Waals surface area contributed by atoms with Gasteiger partial charge in [-0.3, -0.25) is 4.79 Å². The Labute approximate surface area is 136 Å². The number of thioether (sulfide) groups is 1. The largest absolute Gasteiger partial charge is 0.480 e. The molecule has 122 valence electrons. The second-order valence-corrected chi connectivity index (χ2v) is 7.80. The van der Waals surface area contributed by atoms with E-state index in [1.165, 1.54) is 11.8 Å². The Kier molecular flexibility index (Phi) is 6.48. The van der Waals surface area contributed by atoms with Gasteiger partial charge in [0.25, 0.3) is 0 Å². The lowest BCUT2D eigenvalue weighted by Crippen LogP contribution is -2.50. The summed E-state index contributed by atoms with van der Waals surface area (Å²) in [6.45, 7) is 9.37. The average molecular weight is 323 g/mol. The van der Waals surface area contributed by atoms with Gasteiger partial charge < -0.3 is 10.4 Å². The molecule has 0 saturated carbocycles. The van der Waals surface area contributed by atoms with Crippen LogP contribution in [0.3, 0.4) is 0 Å². The second-order valence-electron chi connectivity index (χ2n) is 6.10. The minimum absolute atomic E-state index is 0.110. The summed E-state index contributed by atoms with van der Waals surface area (Å²) in [5.41, 5.74) is 1.13. The van der Waals surface area contributed by atoms with E-state index >= 15 is 0 Å². The molecule has 2 N–H and O–H groups in total. The molecule has 0 aliphatic heterocycles. The number of carbonyl (C=O) groups is 2. The zero-order valence-electron chi connectivity index (χ0n) is 13.8. The highest BCUT2D eigenvalue weighted by molar-refractivity contribution is 8.01. The predicted molar refractivity (Wildman–Crippen MR) is 90.1 cm³/mol. The van der Waals surface area contributed by atoms with E-state index in [0.717, 1.165) is 10.5 Å². The zero-order chi connectivity index (χ0) is 16.9. The van der Waals surface area contributed by atoms with Crippen molar-refractivity contribution in [2.45, 2.75) is 56.7 Å². The number of amides is 1. The first-order chi connectivity index (χ1) is 10.2. The monoisotopic (exact) mass is 323 g/mol. The van der Waals surface area contributed by atoms with E-state index in [1.807, 2.05) is 58.9 Å². The summed E-state index contributed by atoms with van der Waals surface area (Å²) in [5.74, 6) is -1.35. The minimum atomic E-state index is -0.987. The number of nitrogens with one attached hydrogen (secondary N) is 1. The Hall–Kier alpha value is -1.49. The molecule has 0 heterocycles. The maximum absolute atomic E-state index is 12.5. The van der Waals surface area contributed by atoms with Crippen molar-refractivity contribution in [3.05, 3.63) is 29.8 Å². The van der Waals surface area contributed by atoms with E-state index in [1.54, 1.807) is 0 Å². The number of hydrogen-bond acceptors (Lipinski definition) is 3. The lowest BCUT2D eigenvalue weighted by molar-refractivity contribution is -0.143. The zero-order valence-corrected chi connectivity index (χ0v) is 14.7. The molecule has 2 atom stereocenters. The molecule has 1 amide bonds. The normalized spacial score (nSPS) is 14.2. The highest BCUT2D eigenvalue weighted by atomic mass is 32.2. The van der Waals surface area contributed by atoms with Crippen LogP contribution in [0.1, 0.15) is 39.7 Å². The van der Waals surface area contributed by atoms with E-state index in [9.17, 15) is 14.7 Å². The standard InChI is InChI=1S/C17H25NO3S/c1-6-12(3)14(15(19)20)18-16(21)17(4,5)22-13-9-7-8-11(2)10-13/h7-10,12,14H,6H2,1-5H3,(H,18,21)(H,19,20). The quantitative estimate of drug-likeness (QED) is 0.754. The van der Waals surface area contributed by atoms with Crippen LogP contribution >= 0.6 is 11.8 Å². The molecule has 0 radical (unpaired) electrons. The molecular formula is C17H25NO3S. The fourth-order valence-electron chi connectivity index (χ4n) is 2.02. The van der Waals surface area contributed by atoms with E-state index in [0.29, 0.717) is 6.42 Å². The molecule has 0 bridgehead atoms. The molecule has 0 fully saturated rings. The molecule has 4 nitrogen and oxygen atoms in total. The number of rotatable bonds is 7. The third kappa shape index (κ3) is 5.05. The summed E-state index contributed by atoms with van der Waals surface area (Å²) in [4.78, 5) is 24.8. The van der Waals surface area contributed by atoms with Gasteiger partial charge in [0, 0.05) is 4.90 Å². The lowest BCUT2D eigenvalue weighted by Gasteiger charge is -2.27. The first-order valence-corrected chi connectivity index (χ1v) is 8.28. The van der Waals surface area contributed by atoms with Gasteiger partial charge in [0.05, 0.1) is 4.75 Å². The van der Waals surface area contributed by atoms with Gasteiger partial charge in [-0.1, -0.05) is 38.0 Å². The van der Waals surface area contributed by atoms with Crippen LogP contribution in [-0.2, 0) is 9.59 Å². The number of carboxylic acid groups (broad SMARTS) is 1. The third-order valence-electron chi connectivity index (χ3n) is 3.68. The van der Waals surface area contributed by atoms with Gasteiger partial charge in [-0.15, -0.1) is 11.8 Å². The Morgan fingerprint density at radius 1 is 1.36 bits per heavy atom. The fraction of sp³-hybridized carbons (Fsp3) is 0.529. The Morgan fingerprint density at radius 3 is 2.50 bits per heavy atom. The molecule has 0 saturated heterocycles. The van der Waals surface area contributed by atoms with Crippen molar-refractivity contribution in [3.8, 4) is 0 Å². The van der Waals surface area contributed by atoms with Crippen LogP contribution in [0.25, 0.3) is 0 Å². The molecule has 0 aliphatic carbocycles. The van der Waals surface area contributed by atoms with Crippen molar-refractivity contribution < 1.29 is 14.7 Å². The van der Waals surface area contributed by atoms with Crippen molar-refractivity contribution in [3.63, 3.8) is 0 Å². The third-order valence-corrected chi connectivity index (χ3v) is 4.86. The number of aliphatic carboxylic acids is 1. The van der Waals surface area contributed by atoms with Crippen LogP contribution < -0.4 is 5.32 Å². The van der Waals surface area contributed by atoms with Crippen molar-refractivity contribution in [2.75, 3.05) is 0 Å². The highest BCUT2D eigenvalue weighted by Crippen LogP contribution is 2.33. The molecule has 1 aromatic rings. The fourth-order valence-corrected chi connectivity index (χ4v) is 3.15. The average Bonchev–Trinajstić information content (AvgIpc) is 2.42. The van der Waals surface area contributed by atoms with Crippen molar-refractivity contribution in [1.82, 2.24) is 5.32 Å². The number of carboxylic acids is 1. The van der Waals surface area contributed by atoms with Gasteiger partial charge in [0.15, 0.2) is 0 Å². The van der Waals surface area contributed by atoms with E-state index in [4.69, 9.17) is 0 Å². The summed E-state index contributed by atoms with van der Waals surface area (Å²) < 4.78 is -0.741. The second kappa shape index (κ2) is 7.68. The maximum Gasteiger partial charge on any atom is 0.326 e. The van der Waals surface area contributed by atoms with Gasteiger partial charge in [-0.25, -0.2) is 4.79 Å². The van der Waals surface area contributed by atoms with Gasteiger partial charge in [0.2, 0.25) is 5.91 Å². The smallest absolute Gasteiger partial charge is 0.326 e. The van der Waals surface area contributed by atoms with Crippen molar-refractivity contribution in [1.29, 1.82) is 0 Å². The van der Waals surface area contributed by atoms with Crippen LogP contribution in [0, 0.1) is 12.8 Å². The molecular weight excluding hydrogens is 298 g/mol. The van der Waals surface area contributed by atoms with Gasteiger partial charge in [0.1, 0.15) is 6.04 Å². The first-order valence-electron chi connectivity index (χ1n) is 7.46. The van der Waals surface area contributed by atoms with Crippen LogP contribution in [0.2, 0.25) is 0 Å². The highest BCUT2D eigenvalue weighted by Gasteiger charge is 2.34. The topological polar surface area (TPSA) is 66.4 Å². The van der Waals surface area contributed by atoms with Crippen LogP contribution in [-0.4, -0.2) is 27.8 Å². The summed E-state index contributed by atoms with van der Waals surface area (Å²) in [5, 5.41) is 12.0. The van der Waals surface area contributed by atoms with Gasteiger partial charge >= 0.3 is 5.97 Å². The van der Waals surface area contributed by atoms with Crippen LogP contribution in [0.4, 0.5) is 0 Å². The molecule has 0 aromatic heterocycles. The molecule has 0 aliphatic rings. The lowest BCUT2D eigenvalue weighted by atomic mass is 9.98. The van der Waals surface area contributed by atoms with E-state index in [-0.39, 0.29) is 11.8 Å². The van der Waals surface area contributed by atoms with Crippen molar-refractivity contribution >= 4 is 23.6 Å². The van der Waals surface area contributed by atoms with Gasteiger partial charge in [-0.2, -0.15) is 0 Å². The number of carbonyl (C=O) groups excluding carboxylic acids is 1. The van der Waals surface area contributed by atoms with Crippen molar-refractivity contribution in [2.24, 2.45) is 5.92 Å². The van der Waals surface area contributed by atoms with Gasteiger partial charge in [-0.05, 0) is 38.8 Å². The Morgan fingerprint density at radius 2 is 2.00 bits per heavy atom. The molecule has 1 rings (SSSR count). The maximum atomic E-state index is 12.5. The molecule has 22 heavy (non-hydrogen) atoms. The number of benzene rings is 1. The number of aryl methyl sites for hydroxylation is 1.